The third kappa shape index (κ3) is 3.94. The van der Waals surface area contributed by atoms with Crippen molar-refractivity contribution in [2.24, 2.45) is 0 Å². The lowest BCUT2D eigenvalue weighted by Crippen LogP contribution is -2.15. The number of hydrogen-bond donors (Lipinski definition) is 0. The molecule has 0 saturated carbocycles. The molecule has 0 heterocycles. The molecule has 0 bridgehead atoms. The largest absolute Gasteiger partial charge is 0.297 e. The quantitative estimate of drug-likeness (QED) is 0.781. The van der Waals surface area contributed by atoms with Crippen LogP contribution < -0.4 is 0 Å². The van der Waals surface area contributed by atoms with Crippen LogP contribution in [-0.2, 0) is 24.1 Å². The van der Waals surface area contributed by atoms with E-state index in [1.807, 2.05) is 13.8 Å². The van der Waals surface area contributed by atoms with E-state index in [2.05, 4.69) is 4.18 Å². The highest BCUT2D eigenvalue weighted by atomic mass is 32.2. The van der Waals surface area contributed by atoms with Gasteiger partial charge >= 0.3 is 0 Å². The Balaban J connectivity index is 2.17. The molecule has 5 nitrogen and oxygen atoms in total. The number of benzene rings is 2. The van der Waals surface area contributed by atoms with E-state index >= 15 is 0 Å². The number of rotatable bonds is 5. The summed E-state index contributed by atoms with van der Waals surface area (Å²) in [6.45, 7) is 3.65. The van der Waals surface area contributed by atoms with E-state index in [0.29, 0.717) is 0 Å². The van der Waals surface area contributed by atoms with Gasteiger partial charge in [-0.05, 0) is 38.1 Å². The molecule has 2 aromatic carbocycles. The Morgan fingerprint density at radius 3 is 1.59 bits per heavy atom. The van der Waals surface area contributed by atoms with Gasteiger partial charge in [0.05, 0.1) is 9.79 Å². The molecule has 118 valence electrons. The molecule has 2 rings (SSSR count). The lowest BCUT2D eigenvalue weighted by Gasteiger charge is -2.07. The molecule has 7 heteroatoms. The summed E-state index contributed by atoms with van der Waals surface area (Å²) in [6.07, 6.45) is 0. The Morgan fingerprint density at radius 1 is 0.727 bits per heavy atom. The molecule has 0 aliphatic heterocycles. The van der Waals surface area contributed by atoms with Gasteiger partial charge in [-0.3, -0.25) is 0 Å². The zero-order valence-electron chi connectivity index (χ0n) is 12.2. The molecule has 22 heavy (non-hydrogen) atoms. The van der Waals surface area contributed by atoms with Gasteiger partial charge < -0.3 is 0 Å². The van der Waals surface area contributed by atoms with Crippen molar-refractivity contribution in [3.8, 4) is 0 Å². The lowest BCUT2D eigenvalue weighted by molar-refractivity contribution is 0.368. The summed E-state index contributed by atoms with van der Waals surface area (Å²) in [5.74, 6) is -0.924. The predicted molar refractivity (Wildman–Crippen MR) is 82.7 cm³/mol. The van der Waals surface area contributed by atoms with Gasteiger partial charge in [0.2, 0.25) is 9.84 Å². The maximum Gasteiger partial charge on any atom is 0.297 e. The molecular weight excluding hydrogens is 324 g/mol. The third-order valence-electron chi connectivity index (χ3n) is 3.05. The highest BCUT2D eigenvalue weighted by molar-refractivity contribution is 7.92. The summed E-state index contributed by atoms with van der Waals surface area (Å²) in [5, 5.41) is 0. The maximum absolute atomic E-state index is 12.1. The van der Waals surface area contributed by atoms with Crippen LogP contribution in [0.25, 0.3) is 0 Å². The first-order valence-corrected chi connectivity index (χ1v) is 9.52. The number of sulfone groups is 1. The van der Waals surface area contributed by atoms with E-state index in [-0.39, 0.29) is 9.79 Å². The van der Waals surface area contributed by atoms with Crippen LogP contribution in [0.3, 0.4) is 0 Å². The summed E-state index contributed by atoms with van der Waals surface area (Å²) >= 11 is 0. The molecule has 0 N–H and O–H groups in total. The van der Waals surface area contributed by atoms with Crippen molar-refractivity contribution in [3.63, 3.8) is 0 Å². The standard InChI is InChI=1S/C15H16O5S2/c1-12-3-7-14(8-4-12)21(16,17)11-20-22(18,19)15-9-5-13(2)6-10-15/h3-10H,11H2,1-2H3. The van der Waals surface area contributed by atoms with E-state index in [0.717, 1.165) is 11.1 Å². The van der Waals surface area contributed by atoms with E-state index in [1.54, 1.807) is 24.3 Å². The zero-order chi connectivity index (χ0) is 16.4. The fourth-order valence-electron chi connectivity index (χ4n) is 1.71. The highest BCUT2D eigenvalue weighted by Gasteiger charge is 2.21. The summed E-state index contributed by atoms with van der Waals surface area (Å²) in [5.41, 5.74) is 1.80. The third-order valence-corrected chi connectivity index (χ3v) is 5.89. The minimum atomic E-state index is -4.11. The maximum atomic E-state index is 12.1. The normalized spacial score (nSPS) is 12.3. The van der Waals surface area contributed by atoms with Crippen LogP contribution in [-0.4, -0.2) is 22.8 Å². The molecular formula is C15H16O5S2. The predicted octanol–water partition coefficient (Wildman–Crippen LogP) is 2.44. The zero-order valence-corrected chi connectivity index (χ0v) is 13.8. The second-order valence-electron chi connectivity index (χ2n) is 4.93. The monoisotopic (exact) mass is 340 g/mol. The second-order valence-corrected chi connectivity index (χ2v) is 8.48. The fourth-order valence-corrected chi connectivity index (χ4v) is 4.02. The number of aryl methyl sites for hydroxylation is 2. The second kappa shape index (κ2) is 6.20. The average molecular weight is 340 g/mol. The molecule has 0 atom stereocenters. The first kappa shape index (κ1) is 16.7. The Bertz CT molecular complexity index is 774. The summed E-state index contributed by atoms with van der Waals surface area (Å²) in [6, 6.07) is 12.1. The van der Waals surface area contributed by atoms with Crippen LogP contribution >= 0.6 is 0 Å². The Morgan fingerprint density at radius 2 is 1.14 bits per heavy atom. The van der Waals surface area contributed by atoms with Gasteiger partial charge in [0, 0.05) is 0 Å². The Kier molecular flexibility index (Phi) is 4.69. The van der Waals surface area contributed by atoms with E-state index in [9.17, 15) is 16.8 Å². The fraction of sp³-hybridized carbons (Fsp3) is 0.200. The lowest BCUT2D eigenvalue weighted by atomic mass is 10.2. The van der Waals surface area contributed by atoms with Crippen LogP contribution in [0, 0.1) is 13.8 Å². The minimum Gasteiger partial charge on any atom is -0.250 e. The smallest absolute Gasteiger partial charge is 0.250 e. The van der Waals surface area contributed by atoms with Crippen LogP contribution in [0.2, 0.25) is 0 Å². The minimum absolute atomic E-state index is 0.0252. The first-order valence-electron chi connectivity index (χ1n) is 6.46. The van der Waals surface area contributed by atoms with Crippen LogP contribution in [0.1, 0.15) is 11.1 Å². The molecule has 0 aromatic heterocycles. The average Bonchev–Trinajstić information content (AvgIpc) is 2.46. The van der Waals surface area contributed by atoms with Gasteiger partial charge in [0.1, 0.15) is 0 Å². The van der Waals surface area contributed by atoms with Gasteiger partial charge in [0.25, 0.3) is 10.1 Å². The topological polar surface area (TPSA) is 77.5 Å². The van der Waals surface area contributed by atoms with E-state index in [4.69, 9.17) is 0 Å². The highest BCUT2D eigenvalue weighted by Crippen LogP contribution is 2.17. The molecule has 0 aliphatic carbocycles. The first-order chi connectivity index (χ1) is 10.2. The van der Waals surface area contributed by atoms with Crippen molar-refractivity contribution in [1.29, 1.82) is 0 Å². The summed E-state index contributed by atoms with van der Waals surface area (Å²) in [7, 11) is -7.93. The molecule has 0 amide bonds. The van der Waals surface area contributed by atoms with Crippen molar-refractivity contribution < 1.29 is 21.0 Å². The molecule has 2 aromatic rings. The van der Waals surface area contributed by atoms with Crippen molar-refractivity contribution in [3.05, 3.63) is 59.7 Å². The molecule has 0 radical (unpaired) electrons. The van der Waals surface area contributed by atoms with Crippen LogP contribution in [0.5, 0.6) is 0 Å². The summed E-state index contributed by atoms with van der Waals surface area (Å²) in [4.78, 5) is -0.0468. The van der Waals surface area contributed by atoms with Gasteiger partial charge in [-0.15, -0.1) is 0 Å². The molecule has 0 fully saturated rings. The van der Waals surface area contributed by atoms with Crippen molar-refractivity contribution in [2.45, 2.75) is 23.6 Å². The van der Waals surface area contributed by atoms with Gasteiger partial charge in [0.15, 0.2) is 5.94 Å². The molecule has 0 unspecified atom stereocenters. The van der Waals surface area contributed by atoms with Gasteiger partial charge in [-0.25, -0.2) is 12.6 Å². The van der Waals surface area contributed by atoms with Crippen molar-refractivity contribution >= 4 is 20.0 Å². The molecule has 0 spiro atoms. The number of hydrogen-bond acceptors (Lipinski definition) is 5. The van der Waals surface area contributed by atoms with Crippen LogP contribution in [0.15, 0.2) is 58.3 Å². The van der Waals surface area contributed by atoms with Crippen molar-refractivity contribution in [1.82, 2.24) is 0 Å². The molecule has 0 aliphatic rings. The van der Waals surface area contributed by atoms with E-state index < -0.39 is 25.9 Å². The molecule has 0 saturated heterocycles. The SMILES string of the molecule is Cc1ccc(S(=O)(=O)COS(=O)(=O)c2ccc(C)cc2)cc1. The van der Waals surface area contributed by atoms with Crippen molar-refractivity contribution in [2.75, 3.05) is 5.94 Å². The van der Waals surface area contributed by atoms with Crippen LogP contribution in [0.4, 0.5) is 0 Å². The van der Waals surface area contributed by atoms with E-state index in [1.165, 1.54) is 24.3 Å². The summed E-state index contributed by atoms with van der Waals surface area (Å²) < 4.78 is 52.8. The van der Waals surface area contributed by atoms with Gasteiger partial charge in [-0.2, -0.15) is 8.42 Å². The Hall–Kier alpha value is -1.70. The van der Waals surface area contributed by atoms with Gasteiger partial charge in [-0.1, -0.05) is 35.4 Å². The Labute approximate surface area is 130 Å².